The summed E-state index contributed by atoms with van der Waals surface area (Å²) < 4.78 is 34.3. The zero-order valence-electron chi connectivity index (χ0n) is 14.1. The summed E-state index contributed by atoms with van der Waals surface area (Å²) in [5.41, 5.74) is -0.725. The van der Waals surface area contributed by atoms with Crippen molar-refractivity contribution in [2.75, 3.05) is 51.4 Å². The van der Waals surface area contributed by atoms with Crippen LogP contribution >= 0.6 is 0 Å². The van der Waals surface area contributed by atoms with Gasteiger partial charge in [0.25, 0.3) is 0 Å². The van der Waals surface area contributed by atoms with Crippen molar-refractivity contribution in [2.45, 2.75) is 11.7 Å². The van der Waals surface area contributed by atoms with Crippen molar-refractivity contribution < 1.29 is 27.5 Å². The predicted octanol–water partition coefficient (Wildman–Crippen LogP) is -1.33. The van der Waals surface area contributed by atoms with E-state index in [-0.39, 0.29) is 36.4 Å². The van der Waals surface area contributed by atoms with Gasteiger partial charge in [0.1, 0.15) is 5.60 Å². The van der Waals surface area contributed by atoms with Gasteiger partial charge in [0.15, 0.2) is 9.84 Å². The second kappa shape index (κ2) is 5.78. The SMILES string of the molecule is COCCN1C[C@]23C=C[C@H](O2)[C@@H](C(=O)N2CCS(=O)(=O)CC2)[C@@H]3C1=O. The Balaban J connectivity index is 1.54. The number of amides is 2. The molecule has 4 rings (SSSR count). The molecule has 8 nitrogen and oxygen atoms in total. The highest BCUT2D eigenvalue weighted by Gasteiger charge is 2.67. The molecule has 0 aromatic heterocycles. The number of fused-ring (bicyclic) bond motifs is 1. The number of carbonyl (C=O) groups is 2. The maximum Gasteiger partial charge on any atom is 0.230 e. The van der Waals surface area contributed by atoms with Crippen LogP contribution in [0.25, 0.3) is 0 Å². The van der Waals surface area contributed by atoms with Gasteiger partial charge in [0.2, 0.25) is 11.8 Å². The van der Waals surface area contributed by atoms with E-state index in [1.807, 2.05) is 12.2 Å². The molecular weight excluding hydrogens is 348 g/mol. The fraction of sp³-hybridized carbons (Fsp3) is 0.750. The minimum atomic E-state index is -3.06. The molecule has 0 unspecified atom stereocenters. The van der Waals surface area contributed by atoms with Gasteiger partial charge in [0, 0.05) is 26.7 Å². The topological polar surface area (TPSA) is 93.2 Å². The molecule has 4 aliphatic rings. The van der Waals surface area contributed by atoms with Gasteiger partial charge in [-0.15, -0.1) is 0 Å². The molecule has 3 saturated heterocycles. The molecular formula is C16H22N2O6S. The number of hydrogen-bond donors (Lipinski definition) is 0. The molecule has 2 bridgehead atoms. The van der Waals surface area contributed by atoms with Crippen LogP contribution in [0.2, 0.25) is 0 Å². The molecule has 0 aromatic carbocycles. The van der Waals surface area contributed by atoms with Crippen LogP contribution in [-0.2, 0) is 28.9 Å². The Labute approximate surface area is 146 Å². The molecule has 4 heterocycles. The smallest absolute Gasteiger partial charge is 0.230 e. The summed E-state index contributed by atoms with van der Waals surface area (Å²) >= 11 is 0. The van der Waals surface area contributed by atoms with E-state index >= 15 is 0 Å². The van der Waals surface area contributed by atoms with E-state index in [9.17, 15) is 18.0 Å². The molecule has 0 radical (unpaired) electrons. The van der Waals surface area contributed by atoms with Gasteiger partial charge in [-0.1, -0.05) is 12.2 Å². The minimum Gasteiger partial charge on any atom is -0.383 e. The van der Waals surface area contributed by atoms with E-state index in [0.717, 1.165) is 0 Å². The zero-order chi connectivity index (χ0) is 17.8. The van der Waals surface area contributed by atoms with Gasteiger partial charge in [-0.05, 0) is 0 Å². The highest BCUT2D eigenvalue weighted by atomic mass is 32.2. The van der Waals surface area contributed by atoms with Crippen molar-refractivity contribution in [2.24, 2.45) is 11.8 Å². The van der Waals surface area contributed by atoms with Crippen LogP contribution in [-0.4, -0.2) is 93.1 Å². The van der Waals surface area contributed by atoms with E-state index in [2.05, 4.69) is 0 Å². The number of ether oxygens (including phenoxy) is 2. The maximum atomic E-state index is 13.0. The van der Waals surface area contributed by atoms with E-state index in [0.29, 0.717) is 19.7 Å². The lowest BCUT2D eigenvalue weighted by Gasteiger charge is -2.32. The van der Waals surface area contributed by atoms with Crippen molar-refractivity contribution in [3.8, 4) is 0 Å². The summed E-state index contributed by atoms with van der Waals surface area (Å²) in [5.74, 6) is -1.37. The van der Waals surface area contributed by atoms with Crippen LogP contribution in [0.3, 0.4) is 0 Å². The van der Waals surface area contributed by atoms with Crippen LogP contribution in [0.4, 0.5) is 0 Å². The molecule has 4 aliphatic heterocycles. The monoisotopic (exact) mass is 370 g/mol. The second-order valence-electron chi connectivity index (χ2n) is 7.13. The standard InChI is InChI=1S/C16H22N2O6S/c1-23-7-4-18-10-16-3-2-11(24-16)12(13(16)15(18)20)14(19)17-5-8-25(21,22)9-6-17/h2-3,11-13H,4-10H2,1H3/t11-,12+,13+,16-/m0/s1. The van der Waals surface area contributed by atoms with E-state index in [1.165, 1.54) is 0 Å². The van der Waals surface area contributed by atoms with Crippen molar-refractivity contribution in [1.82, 2.24) is 9.80 Å². The van der Waals surface area contributed by atoms with Crippen LogP contribution in [0.5, 0.6) is 0 Å². The van der Waals surface area contributed by atoms with Gasteiger partial charge < -0.3 is 19.3 Å². The van der Waals surface area contributed by atoms with Crippen LogP contribution in [0, 0.1) is 11.8 Å². The quantitative estimate of drug-likeness (QED) is 0.570. The second-order valence-corrected chi connectivity index (χ2v) is 9.43. The van der Waals surface area contributed by atoms with Gasteiger partial charge in [-0.2, -0.15) is 0 Å². The van der Waals surface area contributed by atoms with Crippen molar-refractivity contribution in [1.29, 1.82) is 0 Å². The third-order valence-electron chi connectivity index (χ3n) is 5.69. The Bertz CT molecular complexity index is 721. The molecule has 25 heavy (non-hydrogen) atoms. The number of methoxy groups -OCH3 is 1. The normalized spacial score (nSPS) is 38.4. The lowest BCUT2D eigenvalue weighted by Crippen LogP contribution is -2.50. The molecule has 2 amide bonds. The van der Waals surface area contributed by atoms with Gasteiger partial charge >= 0.3 is 0 Å². The first-order chi connectivity index (χ1) is 11.9. The average molecular weight is 370 g/mol. The first kappa shape index (κ1) is 17.0. The average Bonchev–Trinajstić information content (AvgIpc) is 3.21. The number of likely N-dealkylation sites (tertiary alicyclic amines) is 1. The minimum absolute atomic E-state index is 0.0173. The largest absolute Gasteiger partial charge is 0.383 e. The third-order valence-corrected chi connectivity index (χ3v) is 7.29. The fourth-order valence-electron chi connectivity index (χ4n) is 4.39. The molecule has 0 N–H and O–H groups in total. The summed E-state index contributed by atoms with van der Waals surface area (Å²) in [6.07, 6.45) is 3.38. The van der Waals surface area contributed by atoms with Crippen molar-refractivity contribution in [3.63, 3.8) is 0 Å². The highest BCUT2D eigenvalue weighted by Crippen LogP contribution is 2.52. The molecule has 3 fully saturated rings. The zero-order valence-corrected chi connectivity index (χ0v) is 14.9. The summed E-state index contributed by atoms with van der Waals surface area (Å²) in [6, 6.07) is 0. The van der Waals surface area contributed by atoms with Crippen LogP contribution in [0.1, 0.15) is 0 Å². The fourth-order valence-corrected chi connectivity index (χ4v) is 5.60. The lowest BCUT2D eigenvalue weighted by molar-refractivity contribution is -0.143. The van der Waals surface area contributed by atoms with E-state index in [4.69, 9.17) is 9.47 Å². The van der Waals surface area contributed by atoms with Crippen molar-refractivity contribution >= 4 is 21.7 Å². The molecule has 138 valence electrons. The first-order valence-electron chi connectivity index (χ1n) is 8.51. The summed E-state index contributed by atoms with van der Waals surface area (Å²) in [7, 11) is -1.48. The summed E-state index contributed by atoms with van der Waals surface area (Å²) in [4.78, 5) is 29.2. The highest BCUT2D eigenvalue weighted by molar-refractivity contribution is 7.91. The van der Waals surface area contributed by atoms with E-state index < -0.39 is 33.4 Å². The molecule has 0 saturated carbocycles. The van der Waals surface area contributed by atoms with Gasteiger partial charge in [-0.3, -0.25) is 9.59 Å². The maximum absolute atomic E-state index is 13.0. The van der Waals surface area contributed by atoms with Crippen LogP contribution < -0.4 is 0 Å². The Morgan fingerprint density at radius 1 is 1.40 bits per heavy atom. The Morgan fingerprint density at radius 2 is 2.12 bits per heavy atom. The molecule has 9 heteroatoms. The number of nitrogens with zero attached hydrogens (tertiary/aromatic N) is 2. The van der Waals surface area contributed by atoms with Gasteiger partial charge in [-0.25, -0.2) is 8.42 Å². The number of rotatable bonds is 4. The summed E-state index contributed by atoms with van der Waals surface area (Å²) in [6.45, 7) is 1.72. The third kappa shape index (κ3) is 2.60. The molecule has 4 atom stereocenters. The Morgan fingerprint density at radius 3 is 2.80 bits per heavy atom. The molecule has 1 spiro atoms. The Hall–Kier alpha value is -1.45. The van der Waals surface area contributed by atoms with Crippen LogP contribution in [0.15, 0.2) is 12.2 Å². The van der Waals surface area contributed by atoms with Crippen molar-refractivity contribution in [3.05, 3.63) is 12.2 Å². The molecule has 0 aliphatic carbocycles. The number of carbonyl (C=O) groups excluding carboxylic acids is 2. The summed E-state index contributed by atoms with van der Waals surface area (Å²) in [5, 5.41) is 0. The Kier molecular flexibility index (Phi) is 3.93. The first-order valence-corrected chi connectivity index (χ1v) is 10.3. The lowest BCUT2D eigenvalue weighted by atomic mass is 9.76. The van der Waals surface area contributed by atoms with Gasteiger partial charge in [0.05, 0.1) is 42.6 Å². The molecule has 0 aromatic rings. The number of hydrogen-bond acceptors (Lipinski definition) is 6. The number of sulfone groups is 1. The predicted molar refractivity (Wildman–Crippen MR) is 87.4 cm³/mol. The van der Waals surface area contributed by atoms with E-state index in [1.54, 1.807) is 16.9 Å².